The predicted octanol–water partition coefficient (Wildman–Crippen LogP) is -1.96. The van der Waals surface area contributed by atoms with Crippen LogP contribution in [0.2, 0.25) is 0 Å². The first kappa shape index (κ1) is 21.6. The van der Waals surface area contributed by atoms with Gasteiger partial charge in [-0.15, -0.1) is 0 Å². The molecule has 0 saturated carbocycles. The van der Waals surface area contributed by atoms with Gasteiger partial charge in [-0.3, -0.25) is 9.59 Å². The van der Waals surface area contributed by atoms with Crippen molar-refractivity contribution in [1.82, 2.24) is 16.0 Å². The van der Waals surface area contributed by atoms with Crippen molar-refractivity contribution in [1.29, 1.82) is 0 Å². The van der Waals surface area contributed by atoms with Gasteiger partial charge in [0.1, 0.15) is 17.7 Å². The van der Waals surface area contributed by atoms with Gasteiger partial charge in [0, 0.05) is 6.54 Å². The second-order valence-corrected chi connectivity index (χ2v) is 6.52. The van der Waals surface area contributed by atoms with Crippen molar-refractivity contribution in [3.63, 3.8) is 0 Å². The largest absolute Gasteiger partial charge is 0.467 e. The summed E-state index contributed by atoms with van der Waals surface area (Å²) in [4.78, 5) is 46.3. The van der Waals surface area contributed by atoms with Crippen molar-refractivity contribution in [2.45, 2.75) is 44.6 Å². The highest BCUT2D eigenvalue weighted by molar-refractivity contribution is 5.89. The zero-order valence-electron chi connectivity index (χ0n) is 15.2. The van der Waals surface area contributed by atoms with E-state index in [-0.39, 0.29) is 13.1 Å². The van der Waals surface area contributed by atoms with E-state index in [0.29, 0.717) is 0 Å². The van der Waals surface area contributed by atoms with Crippen LogP contribution in [0.3, 0.4) is 0 Å². The van der Waals surface area contributed by atoms with E-state index < -0.39 is 54.3 Å². The number of ether oxygens (including phenoxy) is 3. The fourth-order valence-corrected chi connectivity index (χ4v) is 1.83. The number of aliphatic hydroxyl groups is 1. The van der Waals surface area contributed by atoms with Crippen LogP contribution in [0, 0.1) is 0 Å². The predicted molar refractivity (Wildman–Crippen MR) is 86.9 cm³/mol. The lowest BCUT2D eigenvalue weighted by atomic mass is 10.2. The Kier molecular flexibility index (Phi) is 7.77. The third-order valence-electron chi connectivity index (χ3n) is 3.13. The quantitative estimate of drug-likeness (QED) is 0.282. The maximum atomic E-state index is 11.9. The fraction of sp³-hybridized carbons (Fsp3) is 0.733. The summed E-state index contributed by atoms with van der Waals surface area (Å²) in [5.41, 5.74) is -0.757. The molecule has 4 N–H and O–H groups in total. The molecule has 0 bridgehead atoms. The van der Waals surface area contributed by atoms with E-state index in [1.165, 1.54) is 7.11 Å². The number of hydrogen-bond acceptors (Lipinski definition) is 8. The summed E-state index contributed by atoms with van der Waals surface area (Å²) >= 11 is 0. The van der Waals surface area contributed by atoms with Crippen LogP contribution in [-0.4, -0.2) is 79.6 Å². The van der Waals surface area contributed by atoms with Gasteiger partial charge in [0.15, 0.2) is 6.10 Å². The Morgan fingerprint density at radius 2 is 1.85 bits per heavy atom. The lowest BCUT2D eigenvalue weighted by Gasteiger charge is -2.22. The lowest BCUT2D eigenvalue weighted by Crippen LogP contribution is -2.51. The maximum Gasteiger partial charge on any atom is 0.408 e. The average molecular weight is 375 g/mol. The summed E-state index contributed by atoms with van der Waals surface area (Å²) in [7, 11) is 1.23. The van der Waals surface area contributed by atoms with E-state index in [4.69, 9.17) is 9.47 Å². The number of esters is 1. The number of carbonyl (C=O) groups is 4. The smallest absolute Gasteiger partial charge is 0.408 e. The highest BCUT2D eigenvalue weighted by Crippen LogP contribution is 2.22. The molecule has 0 radical (unpaired) electrons. The summed E-state index contributed by atoms with van der Waals surface area (Å²) in [6.07, 6.45) is -2.01. The van der Waals surface area contributed by atoms with Crippen LogP contribution in [0.4, 0.5) is 4.79 Å². The van der Waals surface area contributed by atoms with Gasteiger partial charge in [0.25, 0.3) is 0 Å². The van der Waals surface area contributed by atoms with E-state index in [2.05, 4.69) is 20.7 Å². The van der Waals surface area contributed by atoms with Gasteiger partial charge in [-0.05, 0) is 20.8 Å². The normalized spacial score (nSPS) is 19.7. The molecule has 0 spiro atoms. The number of amides is 3. The molecule has 0 aromatic heterocycles. The molecular formula is C15H25N3O8. The zero-order valence-corrected chi connectivity index (χ0v) is 15.2. The first-order valence-corrected chi connectivity index (χ1v) is 7.95. The summed E-state index contributed by atoms with van der Waals surface area (Å²) in [6, 6.07) is -1.26. The number of aliphatic hydroxyl groups excluding tert-OH is 1. The van der Waals surface area contributed by atoms with Crippen LogP contribution >= 0.6 is 0 Å². The fourth-order valence-electron chi connectivity index (χ4n) is 1.83. The third-order valence-corrected chi connectivity index (χ3v) is 3.13. The number of carbonyl (C=O) groups excluding carboxylic acids is 4. The van der Waals surface area contributed by atoms with Gasteiger partial charge in [-0.1, -0.05) is 0 Å². The van der Waals surface area contributed by atoms with E-state index in [9.17, 15) is 24.3 Å². The molecule has 26 heavy (non-hydrogen) atoms. The van der Waals surface area contributed by atoms with E-state index in [0.717, 1.165) is 0 Å². The van der Waals surface area contributed by atoms with E-state index in [1.807, 2.05) is 0 Å². The monoisotopic (exact) mass is 375 g/mol. The van der Waals surface area contributed by atoms with Gasteiger partial charge in [-0.2, -0.15) is 0 Å². The molecule has 1 heterocycles. The SMILES string of the molecule is COC(=O)C1OC1CNC(=O)CNC(=O)C(CO)NC(=O)OC(C)(C)C. The van der Waals surface area contributed by atoms with E-state index >= 15 is 0 Å². The van der Waals surface area contributed by atoms with Crippen molar-refractivity contribution in [2.75, 3.05) is 26.8 Å². The molecule has 3 amide bonds. The molecule has 0 aromatic carbocycles. The number of epoxide rings is 1. The Labute approximate surface area is 150 Å². The first-order valence-electron chi connectivity index (χ1n) is 7.95. The van der Waals surface area contributed by atoms with Crippen LogP contribution < -0.4 is 16.0 Å². The number of hydrogen-bond donors (Lipinski definition) is 4. The third kappa shape index (κ3) is 7.66. The second-order valence-electron chi connectivity index (χ2n) is 6.52. The Hall–Kier alpha value is -2.40. The number of alkyl carbamates (subject to hydrolysis) is 1. The Morgan fingerprint density at radius 1 is 1.19 bits per heavy atom. The summed E-state index contributed by atoms with van der Waals surface area (Å²) in [6.45, 7) is 4.01. The van der Waals surface area contributed by atoms with Crippen molar-refractivity contribution >= 4 is 23.9 Å². The van der Waals surface area contributed by atoms with Gasteiger partial charge in [0.2, 0.25) is 11.8 Å². The molecule has 1 saturated heterocycles. The van der Waals surface area contributed by atoms with E-state index in [1.54, 1.807) is 20.8 Å². The maximum absolute atomic E-state index is 11.9. The summed E-state index contributed by atoms with van der Waals surface area (Å²) in [5, 5.41) is 16.2. The molecular weight excluding hydrogens is 350 g/mol. The average Bonchev–Trinajstić information content (AvgIpc) is 3.32. The van der Waals surface area contributed by atoms with Crippen LogP contribution in [0.25, 0.3) is 0 Å². The molecule has 0 aromatic rings. The lowest BCUT2D eigenvalue weighted by molar-refractivity contribution is -0.142. The molecule has 1 aliphatic rings. The zero-order chi connectivity index (χ0) is 19.9. The molecule has 148 valence electrons. The van der Waals surface area contributed by atoms with Crippen molar-refractivity contribution in [3.05, 3.63) is 0 Å². The number of nitrogens with one attached hydrogen (secondary N) is 3. The molecule has 1 rings (SSSR count). The van der Waals surface area contributed by atoms with Crippen LogP contribution in [0.5, 0.6) is 0 Å². The highest BCUT2D eigenvalue weighted by Gasteiger charge is 2.46. The second kappa shape index (κ2) is 9.34. The standard InChI is InChI=1S/C15H25N3O8/c1-15(2,3)26-14(23)18-8(7-19)12(21)17-6-10(20)16-5-9-11(25-9)13(22)24-4/h8-9,11,19H,5-7H2,1-4H3,(H,16,20)(H,17,21)(H,18,23). The van der Waals surface area contributed by atoms with Gasteiger partial charge in [0.05, 0.1) is 20.3 Å². The Bertz CT molecular complexity index is 545. The van der Waals surface area contributed by atoms with Gasteiger partial charge in [-0.25, -0.2) is 9.59 Å². The topological polar surface area (TPSA) is 156 Å². The first-order chi connectivity index (χ1) is 12.1. The summed E-state index contributed by atoms with van der Waals surface area (Å²) in [5.74, 6) is -1.79. The minimum Gasteiger partial charge on any atom is -0.467 e. The summed E-state index contributed by atoms with van der Waals surface area (Å²) < 4.78 is 14.5. The van der Waals surface area contributed by atoms with Crippen molar-refractivity contribution in [2.24, 2.45) is 0 Å². The molecule has 0 aliphatic carbocycles. The molecule has 11 nitrogen and oxygen atoms in total. The molecule has 11 heteroatoms. The molecule has 3 atom stereocenters. The molecule has 3 unspecified atom stereocenters. The number of methoxy groups -OCH3 is 1. The molecule has 1 fully saturated rings. The van der Waals surface area contributed by atoms with Crippen LogP contribution in [-0.2, 0) is 28.6 Å². The minimum absolute atomic E-state index is 0.0913. The van der Waals surface area contributed by atoms with Crippen molar-refractivity contribution < 1.29 is 38.5 Å². The number of rotatable bonds is 8. The van der Waals surface area contributed by atoms with Crippen molar-refractivity contribution in [3.8, 4) is 0 Å². The minimum atomic E-state index is -1.26. The van der Waals surface area contributed by atoms with Crippen LogP contribution in [0.15, 0.2) is 0 Å². The molecule has 1 aliphatic heterocycles. The highest BCUT2D eigenvalue weighted by atomic mass is 16.6. The van der Waals surface area contributed by atoms with Gasteiger partial charge >= 0.3 is 12.1 Å². The van der Waals surface area contributed by atoms with Crippen LogP contribution in [0.1, 0.15) is 20.8 Å². The Balaban J connectivity index is 2.29. The van der Waals surface area contributed by atoms with Gasteiger partial charge < -0.3 is 35.3 Å². The Morgan fingerprint density at radius 3 is 2.38 bits per heavy atom.